The molecule has 0 atom stereocenters. The van der Waals surface area contributed by atoms with E-state index in [1.807, 2.05) is 0 Å². The van der Waals surface area contributed by atoms with Gasteiger partial charge in [-0.2, -0.15) is 0 Å². The molecule has 8 heteroatoms. The summed E-state index contributed by atoms with van der Waals surface area (Å²) in [7, 11) is -3.53. The predicted molar refractivity (Wildman–Crippen MR) is 79.9 cm³/mol. The fraction of sp³-hybridized carbons (Fsp3) is 0.500. The van der Waals surface area contributed by atoms with Crippen molar-refractivity contribution in [3.05, 3.63) is 28.7 Å². The van der Waals surface area contributed by atoms with Crippen molar-refractivity contribution in [3.8, 4) is 0 Å². The van der Waals surface area contributed by atoms with Gasteiger partial charge in [-0.15, -0.1) is 0 Å². The molecule has 0 saturated carbocycles. The van der Waals surface area contributed by atoms with E-state index in [-0.39, 0.29) is 24.7 Å². The molecule has 114 valence electrons. The van der Waals surface area contributed by atoms with Gasteiger partial charge in [0.15, 0.2) is 0 Å². The fourth-order valence-electron chi connectivity index (χ4n) is 1.65. The summed E-state index contributed by atoms with van der Waals surface area (Å²) in [5, 5.41) is 17.7. The number of benzene rings is 1. The molecule has 0 spiro atoms. The molecule has 6 nitrogen and oxygen atoms in total. The number of hydrogen-bond donors (Lipinski definition) is 3. The maximum atomic E-state index is 12.0. The summed E-state index contributed by atoms with van der Waals surface area (Å²) in [5.74, 6) is 0. The zero-order valence-electron chi connectivity index (χ0n) is 11.0. The zero-order valence-corrected chi connectivity index (χ0v) is 13.4. The molecule has 0 unspecified atom stereocenters. The predicted octanol–water partition coefficient (Wildman–Crippen LogP) is 0.0140. The number of halogens is 1. The lowest BCUT2D eigenvalue weighted by Gasteiger charge is -2.20. The van der Waals surface area contributed by atoms with Crippen molar-refractivity contribution in [2.45, 2.75) is 4.90 Å². The van der Waals surface area contributed by atoms with Gasteiger partial charge in [0.25, 0.3) is 0 Å². The third-order valence-electron chi connectivity index (χ3n) is 2.68. The Bertz CT molecular complexity index is 487. The van der Waals surface area contributed by atoms with E-state index in [2.05, 4.69) is 20.7 Å². The SMILES string of the molecule is O=S(=O)(NCCN(CCO)CCO)c1ccc(Br)cc1. The van der Waals surface area contributed by atoms with Gasteiger partial charge in [0.05, 0.1) is 18.1 Å². The molecule has 0 aliphatic carbocycles. The molecule has 0 radical (unpaired) electrons. The largest absolute Gasteiger partial charge is 0.395 e. The average molecular weight is 367 g/mol. The van der Waals surface area contributed by atoms with Crippen molar-refractivity contribution in [2.75, 3.05) is 39.4 Å². The van der Waals surface area contributed by atoms with Crippen LogP contribution in [0.25, 0.3) is 0 Å². The topological polar surface area (TPSA) is 89.9 Å². The molecular weight excluding hydrogens is 348 g/mol. The summed E-state index contributed by atoms with van der Waals surface area (Å²) >= 11 is 3.25. The Morgan fingerprint density at radius 2 is 1.60 bits per heavy atom. The fourth-order valence-corrected chi connectivity index (χ4v) is 2.94. The normalized spacial score (nSPS) is 12.0. The molecule has 3 N–H and O–H groups in total. The minimum Gasteiger partial charge on any atom is -0.395 e. The van der Waals surface area contributed by atoms with E-state index in [0.717, 1.165) is 4.47 Å². The van der Waals surface area contributed by atoms with Crippen LogP contribution >= 0.6 is 15.9 Å². The number of nitrogens with zero attached hydrogens (tertiary/aromatic N) is 1. The highest BCUT2D eigenvalue weighted by molar-refractivity contribution is 9.10. The molecule has 0 amide bonds. The molecule has 0 fully saturated rings. The summed E-state index contributed by atoms with van der Waals surface area (Å²) in [5.41, 5.74) is 0. The highest BCUT2D eigenvalue weighted by Gasteiger charge is 2.13. The van der Waals surface area contributed by atoms with Crippen LogP contribution in [0.15, 0.2) is 33.6 Å². The summed E-state index contributed by atoms with van der Waals surface area (Å²) in [6, 6.07) is 6.37. The molecule has 0 saturated heterocycles. The second-order valence-corrected chi connectivity index (χ2v) is 6.82. The van der Waals surface area contributed by atoms with Crippen molar-refractivity contribution in [1.82, 2.24) is 9.62 Å². The van der Waals surface area contributed by atoms with Crippen molar-refractivity contribution in [2.24, 2.45) is 0 Å². The van der Waals surface area contributed by atoms with E-state index < -0.39 is 10.0 Å². The van der Waals surface area contributed by atoms with Crippen LogP contribution in [-0.2, 0) is 10.0 Å². The van der Waals surface area contributed by atoms with E-state index in [4.69, 9.17) is 10.2 Å². The van der Waals surface area contributed by atoms with Crippen LogP contribution in [0.2, 0.25) is 0 Å². The number of aliphatic hydroxyl groups is 2. The van der Waals surface area contributed by atoms with Gasteiger partial charge in [-0.1, -0.05) is 15.9 Å². The highest BCUT2D eigenvalue weighted by atomic mass is 79.9. The van der Waals surface area contributed by atoms with Crippen LogP contribution in [0, 0.1) is 0 Å². The van der Waals surface area contributed by atoms with Crippen molar-refractivity contribution < 1.29 is 18.6 Å². The third kappa shape index (κ3) is 5.86. The van der Waals surface area contributed by atoms with Crippen LogP contribution in [-0.4, -0.2) is 62.9 Å². The van der Waals surface area contributed by atoms with Gasteiger partial charge in [-0.25, -0.2) is 13.1 Å². The lowest BCUT2D eigenvalue weighted by molar-refractivity contribution is 0.163. The minimum atomic E-state index is -3.53. The maximum Gasteiger partial charge on any atom is 0.240 e. The van der Waals surface area contributed by atoms with E-state index in [9.17, 15) is 8.42 Å². The second kappa shape index (κ2) is 8.71. The maximum absolute atomic E-state index is 12.0. The lowest BCUT2D eigenvalue weighted by atomic mass is 10.4. The van der Waals surface area contributed by atoms with Crippen molar-refractivity contribution >= 4 is 26.0 Å². The van der Waals surface area contributed by atoms with Gasteiger partial charge in [0, 0.05) is 30.7 Å². The van der Waals surface area contributed by atoms with E-state index >= 15 is 0 Å². The first-order valence-electron chi connectivity index (χ1n) is 6.19. The number of nitrogens with one attached hydrogen (secondary N) is 1. The Kier molecular flexibility index (Phi) is 7.63. The summed E-state index contributed by atoms with van der Waals surface area (Å²) in [4.78, 5) is 1.99. The average Bonchev–Trinajstić information content (AvgIpc) is 2.39. The summed E-state index contributed by atoms with van der Waals surface area (Å²) < 4.78 is 27.3. The van der Waals surface area contributed by atoms with Crippen LogP contribution in [0.3, 0.4) is 0 Å². The van der Waals surface area contributed by atoms with Gasteiger partial charge in [0.2, 0.25) is 10.0 Å². The van der Waals surface area contributed by atoms with Gasteiger partial charge in [0.1, 0.15) is 0 Å². The molecule has 0 bridgehead atoms. The summed E-state index contributed by atoms with van der Waals surface area (Å²) in [6.45, 7) is 1.40. The van der Waals surface area contributed by atoms with Crippen LogP contribution in [0.1, 0.15) is 0 Å². The first kappa shape index (κ1) is 17.5. The van der Waals surface area contributed by atoms with Crippen LogP contribution < -0.4 is 4.72 Å². The number of hydrogen-bond acceptors (Lipinski definition) is 5. The van der Waals surface area contributed by atoms with Crippen LogP contribution in [0.4, 0.5) is 0 Å². The molecule has 0 heterocycles. The highest BCUT2D eigenvalue weighted by Crippen LogP contribution is 2.14. The number of sulfonamides is 1. The molecule has 1 aromatic rings. The quantitative estimate of drug-likeness (QED) is 0.572. The molecule has 0 aliphatic rings. The first-order chi connectivity index (χ1) is 9.49. The molecular formula is C12H19BrN2O4S. The van der Waals surface area contributed by atoms with E-state index in [0.29, 0.717) is 19.6 Å². The van der Waals surface area contributed by atoms with Crippen molar-refractivity contribution in [3.63, 3.8) is 0 Å². The summed E-state index contributed by atoms with van der Waals surface area (Å²) in [6.07, 6.45) is 0. The monoisotopic (exact) mass is 366 g/mol. The first-order valence-corrected chi connectivity index (χ1v) is 8.46. The zero-order chi connectivity index (χ0) is 15.0. The van der Waals surface area contributed by atoms with E-state index in [1.165, 1.54) is 12.1 Å². The number of aliphatic hydroxyl groups excluding tert-OH is 2. The minimum absolute atomic E-state index is 0.0283. The lowest BCUT2D eigenvalue weighted by Crippen LogP contribution is -2.37. The Morgan fingerprint density at radius 1 is 1.05 bits per heavy atom. The Hall–Kier alpha value is -0.510. The van der Waals surface area contributed by atoms with Gasteiger partial charge in [-0.3, -0.25) is 4.90 Å². The Labute approximate surface area is 127 Å². The second-order valence-electron chi connectivity index (χ2n) is 4.14. The molecule has 0 aliphatic heterocycles. The van der Waals surface area contributed by atoms with Crippen molar-refractivity contribution in [1.29, 1.82) is 0 Å². The van der Waals surface area contributed by atoms with Gasteiger partial charge >= 0.3 is 0 Å². The molecule has 0 aromatic heterocycles. The number of rotatable bonds is 9. The van der Waals surface area contributed by atoms with Crippen LogP contribution in [0.5, 0.6) is 0 Å². The third-order valence-corrected chi connectivity index (χ3v) is 4.68. The van der Waals surface area contributed by atoms with Gasteiger partial charge in [-0.05, 0) is 24.3 Å². The van der Waals surface area contributed by atoms with E-state index in [1.54, 1.807) is 17.0 Å². The molecule has 1 aromatic carbocycles. The Morgan fingerprint density at radius 3 is 2.10 bits per heavy atom. The standard InChI is InChI=1S/C12H19BrN2O4S/c13-11-1-3-12(4-2-11)20(18,19)14-5-6-15(7-9-16)8-10-17/h1-4,14,16-17H,5-10H2. The Balaban J connectivity index is 2.52. The molecule has 1 rings (SSSR count). The smallest absolute Gasteiger partial charge is 0.240 e. The molecule has 20 heavy (non-hydrogen) atoms. The van der Waals surface area contributed by atoms with Gasteiger partial charge < -0.3 is 10.2 Å².